The SMILES string of the molecule is COCCCCCCC(=O)Oc1ccc(/C=C/C(=O)c2ccccc2)cc1. The normalized spacial score (nSPS) is 10.9. The fourth-order valence-electron chi connectivity index (χ4n) is 2.57. The lowest BCUT2D eigenvalue weighted by Gasteiger charge is -2.05. The van der Waals surface area contributed by atoms with Gasteiger partial charge in [0, 0.05) is 25.7 Å². The molecule has 0 aliphatic carbocycles. The second-order valence-corrected chi connectivity index (χ2v) is 6.26. The van der Waals surface area contributed by atoms with E-state index in [0.29, 0.717) is 17.7 Å². The van der Waals surface area contributed by atoms with Gasteiger partial charge in [0.15, 0.2) is 5.78 Å². The van der Waals surface area contributed by atoms with Crippen LogP contribution in [0.3, 0.4) is 0 Å². The van der Waals surface area contributed by atoms with Crippen molar-refractivity contribution in [2.45, 2.75) is 32.1 Å². The summed E-state index contributed by atoms with van der Waals surface area (Å²) < 4.78 is 10.3. The van der Waals surface area contributed by atoms with Crippen LogP contribution >= 0.6 is 0 Å². The van der Waals surface area contributed by atoms with Gasteiger partial charge in [-0.25, -0.2) is 0 Å². The second kappa shape index (κ2) is 11.8. The molecule has 0 amide bonds. The van der Waals surface area contributed by atoms with Gasteiger partial charge in [0.1, 0.15) is 5.75 Å². The highest BCUT2D eigenvalue weighted by Crippen LogP contribution is 2.15. The zero-order valence-electron chi connectivity index (χ0n) is 15.7. The van der Waals surface area contributed by atoms with Crippen LogP contribution in [0.5, 0.6) is 5.75 Å². The van der Waals surface area contributed by atoms with Gasteiger partial charge in [0.05, 0.1) is 0 Å². The summed E-state index contributed by atoms with van der Waals surface area (Å²) in [7, 11) is 1.69. The van der Waals surface area contributed by atoms with Crippen molar-refractivity contribution in [2.75, 3.05) is 13.7 Å². The Morgan fingerprint density at radius 3 is 2.30 bits per heavy atom. The van der Waals surface area contributed by atoms with Gasteiger partial charge in [0.25, 0.3) is 0 Å². The number of methoxy groups -OCH3 is 1. The predicted molar refractivity (Wildman–Crippen MR) is 107 cm³/mol. The van der Waals surface area contributed by atoms with Crippen molar-refractivity contribution in [1.82, 2.24) is 0 Å². The van der Waals surface area contributed by atoms with Gasteiger partial charge < -0.3 is 9.47 Å². The van der Waals surface area contributed by atoms with Crippen LogP contribution in [-0.4, -0.2) is 25.5 Å². The summed E-state index contributed by atoms with van der Waals surface area (Å²) in [5.74, 6) is 0.256. The van der Waals surface area contributed by atoms with Crippen LogP contribution in [0.15, 0.2) is 60.7 Å². The van der Waals surface area contributed by atoms with E-state index in [-0.39, 0.29) is 11.8 Å². The summed E-state index contributed by atoms with van der Waals surface area (Å²) in [5.41, 5.74) is 1.53. The van der Waals surface area contributed by atoms with Crippen LogP contribution in [0.1, 0.15) is 48.0 Å². The van der Waals surface area contributed by atoms with E-state index < -0.39 is 0 Å². The first-order valence-corrected chi connectivity index (χ1v) is 9.26. The number of ether oxygens (including phenoxy) is 2. The van der Waals surface area contributed by atoms with Crippen LogP contribution in [0.2, 0.25) is 0 Å². The molecule has 142 valence electrons. The molecule has 2 rings (SSSR count). The van der Waals surface area contributed by atoms with Crippen molar-refractivity contribution >= 4 is 17.8 Å². The second-order valence-electron chi connectivity index (χ2n) is 6.26. The highest BCUT2D eigenvalue weighted by Gasteiger charge is 2.05. The van der Waals surface area contributed by atoms with Crippen molar-refractivity contribution in [3.8, 4) is 5.75 Å². The van der Waals surface area contributed by atoms with Crippen molar-refractivity contribution < 1.29 is 19.1 Å². The van der Waals surface area contributed by atoms with E-state index in [1.807, 2.05) is 30.3 Å². The van der Waals surface area contributed by atoms with Crippen molar-refractivity contribution in [3.63, 3.8) is 0 Å². The van der Waals surface area contributed by atoms with Crippen LogP contribution in [0, 0.1) is 0 Å². The van der Waals surface area contributed by atoms with E-state index in [1.54, 1.807) is 43.5 Å². The van der Waals surface area contributed by atoms with Crippen LogP contribution in [0.25, 0.3) is 6.08 Å². The number of hydrogen-bond donors (Lipinski definition) is 0. The summed E-state index contributed by atoms with van der Waals surface area (Å²) in [5, 5.41) is 0. The molecule has 0 saturated heterocycles. The number of benzene rings is 2. The van der Waals surface area contributed by atoms with Gasteiger partial charge in [-0.15, -0.1) is 0 Å². The van der Waals surface area contributed by atoms with Gasteiger partial charge >= 0.3 is 5.97 Å². The number of hydrogen-bond acceptors (Lipinski definition) is 4. The molecular weight excluding hydrogens is 340 g/mol. The molecule has 0 saturated carbocycles. The van der Waals surface area contributed by atoms with E-state index >= 15 is 0 Å². The molecule has 0 spiro atoms. The minimum Gasteiger partial charge on any atom is -0.427 e. The summed E-state index contributed by atoms with van der Waals surface area (Å²) in [6, 6.07) is 16.2. The quantitative estimate of drug-likeness (QED) is 0.183. The fraction of sp³-hybridized carbons (Fsp3) is 0.304. The first-order valence-electron chi connectivity index (χ1n) is 9.26. The monoisotopic (exact) mass is 366 g/mol. The van der Waals surface area contributed by atoms with Gasteiger partial charge in [-0.1, -0.05) is 61.4 Å². The Morgan fingerprint density at radius 2 is 1.59 bits per heavy atom. The van der Waals surface area contributed by atoms with Crippen molar-refractivity contribution in [1.29, 1.82) is 0 Å². The van der Waals surface area contributed by atoms with Gasteiger partial charge in [0.2, 0.25) is 0 Å². The predicted octanol–water partition coefficient (Wildman–Crippen LogP) is 5.09. The standard InChI is InChI=1S/C23H26O4/c1-26-18-8-3-2-7-11-23(25)27-21-15-12-19(13-16-21)14-17-22(24)20-9-5-4-6-10-20/h4-6,9-10,12-17H,2-3,7-8,11,18H2,1H3/b17-14+. The summed E-state index contributed by atoms with van der Waals surface area (Å²) in [6.07, 6.45) is 7.61. The third-order valence-corrected chi connectivity index (χ3v) is 4.08. The number of unbranched alkanes of at least 4 members (excludes halogenated alkanes) is 3. The molecule has 0 aliphatic rings. The minimum atomic E-state index is -0.218. The maximum Gasteiger partial charge on any atom is 0.311 e. The minimum absolute atomic E-state index is 0.0448. The number of esters is 1. The first-order chi connectivity index (χ1) is 13.2. The van der Waals surface area contributed by atoms with Crippen molar-refractivity contribution in [3.05, 3.63) is 71.8 Å². The van der Waals surface area contributed by atoms with E-state index in [1.165, 1.54) is 0 Å². The molecule has 2 aromatic rings. The highest BCUT2D eigenvalue weighted by molar-refractivity contribution is 6.06. The molecule has 0 heterocycles. The Labute approximate surface area is 160 Å². The number of rotatable bonds is 11. The maximum absolute atomic E-state index is 12.1. The summed E-state index contributed by atoms with van der Waals surface area (Å²) in [6.45, 7) is 0.766. The van der Waals surface area contributed by atoms with E-state index in [9.17, 15) is 9.59 Å². The third-order valence-electron chi connectivity index (χ3n) is 4.08. The Kier molecular flexibility index (Phi) is 9.01. The van der Waals surface area contributed by atoms with Crippen LogP contribution in [0.4, 0.5) is 0 Å². The largest absolute Gasteiger partial charge is 0.427 e. The average Bonchev–Trinajstić information content (AvgIpc) is 2.70. The molecule has 0 aliphatic heterocycles. The Morgan fingerprint density at radius 1 is 0.889 bits per heavy atom. The number of allylic oxidation sites excluding steroid dienone is 1. The number of carbonyl (C=O) groups excluding carboxylic acids is 2. The van der Waals surface area contributed by atoms with Gasteiger partial charge in [-0.3, -0.25) is 9.59 Å². The zero-order valence-corrected chi connectivity index (χ0v) is 15.7. The molecule has 27 heavy (non-hydrogen) atoms. The fourth-order valence-corrected chi connectivity index (χ4v) is 2.57. The molecule has 2 aromatic carbocycles. The van der Waals surface area contributed by atoms with Gasteiger partial charge in [-0.05, 0) is 36.6 Å². The van der Waals surface area contributed by atoms with Crippen molar-refractivity contribution in [2.24, 2.45) is 0 Å². The molecular formula is C23H26O4. The number of ketones is 1. The molecule has 4 heteroatoms. The van der Waals surface area contributed by atoms with Crippen LogP contribution in [-0.2, 0) is 9.53 Å². The zero-order chi connectivity index (χ0) is 19.3. The Hall–Kier alpha value is -2.72. The molecule has 0 atom stereocenters. The molecule has 0 N–H and O–H groups in total. The smallest absolute Gasteiger partial charge is 0.311 e. The Balaban J connectivity index is 1.75. The molecule has 4 nitrogen and oxygen atoms in total. The maximum atomic E-state index is 12.1. The Bertz CT molecular complexity index is 733. The molecule has 0 aromatic heterocycles. The third kappa shape index (κ3) is 8.01. The van der Waals surface area contributed by atoms with E-state index in [0.717, 1.165) is 37.9 Å². The lowest BCUT2D eigenvalue weighted by atomic mass is 10.1. The van der Waals surface area contributed by atoms with E-state index in [4.69, 9.17) is 9.47 Å². The molecule has 0 unspecified atom stereocenters. The van der Waals surface area contributed by atoms with Gasteiger partial charge in [-0.2, -0.15) is 0 Å². The van der Waals surface area contributed by atoms with E-state index in [2.05, 4.69) is 0 Å². The molecule has 0 fully saturated rings. The average molecular weight is 366 g/mol. The summed E-state index contributed by atoms with van der Waals surface area (Å²) >= 11 is 0. The summed E-state index contributed by atoms with van der Waals surface area (Å²) in [4.78, 5) is 23.9. The highest BCUT2D eigenvalue weighted by atomic mass is 16.5. The molecule has 0 bridgehead atoms. The first kappa shape index (κ1) is 20.6. The lowest BCUT2D eigenvalue weighted by molar-refractivity contribution is -0.134. The lowest BCUT2D eigenvalue weighted by Crippen LogP contribution is -2.07. The topological polar surface area (TPSA) is 52.6 Å². The van der Waals surface area contributed by atoms with Crippen LogP contribution < -0.4 is 4.74 Å². The molecule has 0 radical (unpaired) electrons. The number of carbonyl (C=O) groups is 2.